The molecule has 1 fully saturated rings. The molecule has 8 nitrogen and oxygen atoms in total. The number of amides is 1. The van der Waals surface area contributed by atoms with Crippen LogP contribution in [0.1, 0.15) is 29.8 Å². The monoisotopic (exact) mass is 630 g/mol. The number of hydrogen-bond acceptors (Lipinski definition) is 7. The largest absolute Gasteiger partial charge is 0.373 e. The minimum absolute atomic E-state index is 0.0894. The molecule has 4 aromatic rings. The van der Waals surface area contributed by atoms with Gasteiger partial charge in [0.15, 0.2) is 0 Å². The van der Waals surface area contributed by atoms with E-state index in [4.69, 9.17) is 4.74 Å². The van der Waals surface area contributed by atoms with Crippen molar-refractivity contribution < 1.29 is 22.3 Å². The average molecular weight is 632 g/mol. The lowest BCUT2D eigenvalue weighted by Gasteiger charge is -2.34. The summed E-state index contributed by atoms with van der Waals surface area (Å²) in [6, 6.07) is 17.1. The topological polar surface area (TPSA) is 92.2 Å². The highest BCUT2D eigenvalue weighted by molar-refractivity contribution is 9.10. The van der Waals surface area contributed by atoms with Crippen LogP contribution >= 0.6 is 27.3 Å². The van der Waals surface area contributed by atoms with Crippen molar-refractivity contribution in [2.45, 2.75) is 31.0 Å². The summed E-state index contributed by atoms with van der Waals surface area (Å²) >= 11 is 4.73. The number of rotatable bonds is 6. The summed E-state index contributed by atoms with van der Waals surface area (Å²) in [6.45, 7) is 4.18. The smallest absolute Gasteiger partial charge is 0.280 e. The van der Waals surface area contributed by atoms with Gasteiger partial charge in [-0.25, -0.2) is 17.8 Å². The fourth-order valence-corrected chi connectivity index (χ4v) is 7.27. The maximum Gasteiger partial charge on any atom is 0.280 e. The van der Waals surface area contributed by atoms with Gasteiger partial charge in [-0.1, -0.05) is 39.4 Å². The lowest BCUT2D eigenvalue weighted by Crippen LogP contribution is -2.48. The molecule has 12 heteroatoms. The molecule has 2 atom stereocenters. The normalized spacial score (nSPS) is 18.6. The number of benzene rings is 3. The predicted octanol–water partition coefficient (Wildman–Crippen LogP) is 5.68. The van der Waals surface area contributed by atoms with Crippen molar-refractivity contribution in [1.82, 2.24) is 9.29 Å². The molecule has 2 unspecified atom stereocenters. The second-order valence-corrected chi connectivity index (χ2v) is 13.0. The maximum absolute atomic E-state index is 13.6. The highest BCUT2D eigenvalue weighted by Crippen LogP contribution is 2.32. The summed E-state index contributed by atoms with van der Waals surface area (Å²) in [5, 5.41) is 5.88. The number of sulfonamides is 1. The van der Waals surface area contributed by atoms with Crippen LogP contribution in [0.5, 0.6) is 0 Å². The fraction of sp³-hybridized carbons (Fsp3) is 0.222. The Morgan fingerprint density at radius 3 is 2.44 bits per heavy atom. The van der Waals surface area contributed by atoms with Gasteiger partial charge in [0.05, 0.1) is 33.5 Å². The summed E-state index contributed by atoms with van der Waals surface area (Å²) in [5.41, 5.74) is 1.52. The molecule has 202 valence electrons. The Labute approximate surface area is 237 Å². The summed E-state index contributed by atoms with van der Waals surface area (Å²) < 4.78 is 48.6. The molecule has 1 aliphatic heterocycles. The Kier molecular flexibility index (Phi) is 7.92. The zero-order valence-corrected chi connectivity index (χ0v) is 24.2. The highest BCUT2D eigenvalue weighted by Gasteiger charge is 2.32. The van der Waals surface area contributed by atoms with Gasteiger partial charge < -0.3 is 4.74 Å². The molecule has 39 heavy (non-hydrogen) atoms. The molecule has 0 saturated carbocycles. The minimum Gasteiger partial charge on any atom is -0.373 e. The molecular formula is C27H24BrFN4O4S2. The van der Waals surface area contributed by atoms with Crippen LogP contribution in [0.15, 0.2) is 81.2 Å². The third-order valence-electron chi connectivity index (χ3n) is 6.03. The van der Waals surface area contributed by atoms with Crippen LogP contribution in [0.3, 0.4) is 0 Å². The van der Waals surface area contributed by atoms with Crippen molar-refractivity contribution >= 4 is 64.8 Å². The Morgan fingerprint density at radius 2 is 1.77 bits per heavy atom. The van der Waals surface area contributed by atoms with Crippen molar-refractivity contribution in [2.24, 2.45) is 5.10 Å². The van der Waals surface area contributed by atoms with Gasteiger partial charge in [-0.3, -0.25) is 4.79 Å². The summed E-state index contributed by atoms with van der Waals surface area (Å²) in [5.74, 6) is -0.878. The standard InChI is InChI=1S/C27H24BrFN4O4S2/c1-17-15-32(16-18(2)37-17)39(35,36)23-10-5-20(6-11-23)26(34)33(30-14-19-3-8-22(29)9-4-19)27-31-24-12-7-21(28)13-25(24)38-27/h3-14,17-18H,15-16H2,1-2H3/b30-14+. The second-order valence-electron chi connectivity index (χ2n) is 9.13. The number of hydrazone groups is 1. The van der Waals surface area contributed by atoms with Crippen molar-refractivity contribution in [3.8, 4) is 0 Å². The van der Waals surface area contributed by atoms with Crippen molar-refractivity contribution in [1.29, 1.82) is 0 Å². The SMILES string of the molecule is CC1CN(S(=O)(=O)c2ccc(C(=O)N(/N=C/c3ccc(F)cc3)c3nc4ccc(Br)cc4s3)cc2)CC(C)O1. The number of carbonyl (C=O) groups excluding carboxylic acids is 1. The van der Waals surface area contributed by atoms with E-state index in [0.29, 0.717) is 16.2 Å². The van der Waals surface area contributed by atoms with Gasteiger partial charge in [-0.2, -0.15) is 14.4 Å². The van der Waals surface area contributed by atoms with Crippen molar-refractivity contribution in [3.63, 3.8) is 0 Å². The number of anilines is 1. The number of fused-ring (bicyclic) bond motifs is 1. The minimum atomic E-state index is -3.76. The van der Waals surface area contributed by atoms with Crippen LogP contribution in [0.2, 0.25) is 0 Å². The predicted molar refractivity (Wildman–Crippen MR) is 153 cm³/mol. The van der Waals surface area contributed by atoms with Gasteiger partial charge in [0.1, 0.15) is 5.82 Å². The second kappa shape index (κ2) is 11.2. The number of thiazole rings is 1. The van der Waals surface area contributed by atoms with E-state index in [1.54, 1.807) is 12.1 Å². The van der Waals surface area contributed by atoms with Gasteiger partial charge in [0.25, 0.3) is 5.91 Å². The summed E-state index contributed by atoms with van der Waals surface area (Å²) in [7, 11) is -3.76. The zero-order chi connectivity index (χ0) is 27.7. The van der Waals surface area contributed by atoms with E-state index in [2.05, 4.69) is 26.0 Å². The van der Waals surface area contributed by atoms with Crippen LogP contribution in [0, 0.1) is 5.82 Å². The van der Waals surface area contributed by atoms with Crippen molar-refractivity contribution in [2.75, 3.05) is 18.1 Å². The first-order valence-corrected chi connectivity index (χ1v) is 15.1. The Hall–Kier alpha value is -3.03. The van der Waals surface area contributed by atoms with E-state index in [1.807, 2.05) is 32.0 Å². The van der Waals surface area contributed by atoms with E-state index in [9.17, 15) is 17.6 Å². The molecule has 1 saturated heterocycles. The van der Waals surface area contributed by atoms with E-state index >= 15 is 0 Å². The first-order valence-electron chi connectivity index (χ1n) is 12.1. The first-order chi connectivity index (χ1) is 18.6. The molecule has 2 heterocycles. The molecule has 0 bridgehead atoms. The van der Waals surface area contributed by atoms with E-state index in [1.165, 1.54) is 58.3 Å². The highest BCUT2D eigenvalue weighted by atomic mass is 79.9. The third kappa shape index (κ3) is 6.10. The average Bonchev–Trinajstić information content (AvgIpc) is 3.32. The van der Waals surface area contributed by atoms with Gasteiger partial charge in [0.2, 0.25) is 15.2 Å². The molecular weight excluding hydrogens is 607 g/mol. The van der Waals surface area contributed by atoms with Crippen LogP contribution in [-0.2, 0) is 14.8 Å². The fourth-order valence-electron chi connectivity index (χ4n) is 4.21. The van der Waals surface area contributed by atoms with E-state index in [0.717, 1.165) is 14.2 Å². The lowest BCUT2D eigenvalue weighted by molar-refractivity contribution is -0.0440. The third-order valence-corrected chi connectivity index (χ3v) is 9.36. The number of morpholine rings is 1. The molecule has 1 amide bonds. The van der Waals surface area contributed by atoms with Gasteiger partial charge in [0, 0.05) is 23.1 Å². The molecule has 0 N–H and O–H groups in total. The molecule has 0 aliphatic carbocycles. The lowest BCUT2D eigenvalue weighted by atomic mass is 10.2. The Bertz CT molecular complexity index is 1630. The van der Waals surface area contributed by atoms with E-state index in [-0.39, 0.29) is 41.6 Å². The Morgan fingerprint density at radius 1 is 1.10 bits per heavy atom. The molecule has 0 spiro atoms. The first kappa shape index (κ1) is 27.5. The maximum atomic E-state index is 13.6. The van der Waals surface area contributed by atoms with Crippen LogP contribution < -0.4 is 5.01 Å². The summed E-state index contributed by atoms with van der Waals surface area (Å²) in [6.07, 6.45) is 1.01. The zero-order valence-electron chi connectivity index (χ0n) is 21.0. The number of nitrogens with zero attached hydrogens (tertiary/aromatic N) is 4. The summed E-state index contributed by atoms with van der Waals surface area (Å²) in [4.78, 5) is 18.3. The van der Waals surface area contributed by atoms with Crippen LogP contribution in [0.25, 0.3) is 10.2 Å². The van der Waals surface area contributed by atoms with Gasteiger partial charge in [-0.15, -0.1) is 0 Å². The molecule has 1 aromatic heterocycles. The van der Waals surface area contributed by atoms with Crippen LogP contribution in [-0.4, -0.2) is 55.1 Å². The Balaban J connectivity index is 1.46. The quantitative estimate of drug-likeness (QED) is 0.202. The number of aromatic nitrogens is 1. The molecule has 3 aromatic carbocycles. The van der Waals surface area contributed by atoms with E-state index < -0.39 is 15.9 Å². The number of hydrogen-bond donors (Lipinski definition) is 0. The number of ether oxygens (including phenoxy) is 1. The molecule has 0 radical (unpaired) electrons. The van der Waals surface area contributed by atoms with Gasteiger partial charge in [-0.05, 0) is 74.0 Å². The van der Waals surface area contributed by atoms with Crippen molar-refractivity contribution in [3.05, 3.63) is 88.1 Å². The number of carbonyl (C=O) groups is 1. The number of halogens is 2. The van der Waals surface area contributed by atoms with Gasteiger partial charge >= 0.3 is 0 Å². The molecule has 5 rings (SSSR count). The van der Waals surface area contributed by atoms with Crippen LogP contribution in [0.4, 0.5) is 9.52 Å². The molecule has 1 aliphatic rings.